The van der Waals surface area contributed by atoms with E-state index in [1.54, 1.807) is 7.11 Å². The van der Waals surface area contributed by atoms with Gasteiger partial charge in [0.05, 0.1) is 6.10 Å². The zero-order valence-electron chi connectivity index (χ0n) is 3.85. The van der Waals surface area contributed by atoms with Crippen LogP contribution in [0.15, 0.2) is 0 Å². The second-order valence-electron chi connectivity index (χ2n) is 1.67. The van der Waals surface area contributed by atoms with Gasteiger partial charge in [0.2, 0.25) is 0 Å². The third-order valence-electron chi connectivity index (χ3n) is 1.08. The van der Waals surface area contributed by atoms with Crippen LogP contribution in [0.25, 0.3) is 0 Å². The van der Waals surface area contributed by atoms with Gasteiger partial charge in [0.15, 0.2) is 0 Å². The van der Waals surface area contributed by atoms with Gasteiger partial charge in [0, 0.05) is 13.2 Å². The van der Waals surface area contributed by atoms with E-state index in [0.717, 1.165) is 6.42 Å². The molecule has 2 N–H and O–H groups in total. The Bertz CT molecular complexity index is 53.5. The molecule has 2 heteroatoms. The van der Waals surface area contributed by atoms with Gasteiger partial charge in [-0.25, -0.2) is 0 Å². The minimum atomic E-state index is 0.343. The largest absolute Gasteiger partial charge is 0.380 e. The first-order valence-electron chi connectivity index (χ1n) is 2.13. The van der Waals surface area contributed by atoms with Crippen molar-refractivity contribution in [3.05, 3.63) is 0 Å². The number of methoxy groups -OCH3 is 1. The van der Waals surface area contributed by atoms with Crippen LogP contribution in [-0.4, -0.2) is 19.3 Å². The quantitative estimate of drug-likeness (QED) is 0.478. The summed E-state index contributed by atoms with van der Waals surface area (Å²) in [7, 11) is 1.69. The highest BCUT2D eigenvalue weighted by molar-refractivity contribution is 4.90. The molecule has 0 saturated heterocycles. The number of hydrogen-bond acceptors (Lipinski definition) is 2. The summed E-state index contributed by atoms with van der Waals surface area (Å²) in [5, 5.41) is 0. The zero-order chi connectivity index (χ0) is 4.57. The molecule has 0 aromatic rings. The molecule has 1 rings (SSSR count). The van der Waals surface area contributed by atoms with Crippen molar-refractivity contribution in [1.29, 1.82) is 0 Å². The SMILES string of the molecule is CO[C@H]1C[C@H]1N. The minimum Gasteiger partial charge on any atom is -0.380 e. The molecule has 0 amide bonds. The second kappa shape index (κ2) is 1.21. The van der Waals surface area contributed by atoms with Gasteiger partial charge in [0.1, 0.15) is 0 Å². The standard InChI is InChI=1S/C4H9NO/c1-6-4-2-3(4)5/h3-4H,2,5H2,1H3/t3-,4+/m1/s1. The predicted octanol–water partition coefficient (Wildman–Crippen LogP) is -0.268. The summed E-state index contributed by atoms with van der Waals surface area (Å²) in [4.78, 5) is 0. The molecule has 0 bridgehead atoms. The van der Waals surface area contributed by atoms with E-state index in [1.807, 2.05) is 0 Å². The lowest BCUT2D eigenvalue weighted by Crippen LogP contribution is -2.05. The van der Waals surface area contributed by atoms with E-state index in [-0.39, 0.29) is 0 Å². The lowest BCUT2D eigenvalue weighted by Gasteiger charge is -1.85. The number of rotatable bonds is 1. The summed E-state index contributed by atoms with van der Waals surface area (Å²) in [6.45, 7) is 0. The van der Waals surface area contributed by atoms with Crippen LogP contribution in [0.3, 0.4) is 0 Å². The molecule has 0 unspecified atom stereocenters. The Balaban J connectivity index is 2.09. The summed E-state index contributed by atoms with van der Waals surface area (Å²) >= 11 is 0. The van der Waals surface area contributed by atoms with Crippen LogP contribution < -0.4 is 5.73 Å². The molecule has 6 heavy (non-hydrogen) atoms. The Hall–Kier alpha value is -0.0800. The molecule has 0 heterocycles. The molecule has 0 spiro atoms. The normalized spacial score (nSPS) is 43.0. The summed E-state index contributed by atoms with van der Waals surface area (Å²) in [6, 6.07) is 0.343. The lowest BCUT2D eigenvalue weighted by molar-refractivity contribution is 0.178. The lowest BCUT2D eigenvalue weighted by atomic mass is 10.7. The maximum absolute atomic E-state index is 5.35. The Morgan fingerprint density at radius 2 is 2.33 bits per heavy atom. The molecular weight excluding hydrogens is 78.0 g/mol. The Kier molecular flexibility index (Phi) is 0.821. The Labute approximate surface area is 37.3 Å². The molecule has 1 aliphatic carbocycles. The van der Waals surface area contributed by atoms with Crippen molar-refractivity contribution < 1.29 is 4.74 Å². The van der Waals surface area contributed by atoms with Crippen molar-refractivity contribution >= 4 is 0 Å². The first-order valence-corrected chi connectivity index (χ1v) is 2.13. The first-order chi connectivity index (χ1) is 2.84. The van der Waals surface area contributed by atoms with Crippen LogP contribution in [0, 0.1) is 0 Å². The zero-order valence-corrected chi connectivity index (χ0v) is 3.85. The molecule has 1 fully saturated rings. The topological polar surface area (TPSA) is 35.2 Å². The highest BCUT2D eigenvalue weighted by Gasteiger charge is 2.32. The van der Waals surface area contributed by atoms with Crippen molar-refractivity contribution in [3.63, 3.8) is 0 Å². The molecule has 36 valence electrons. The van der Waals surface area contributed by atoms with Gasteiger partial charge in [-0.15, -0.1) is 0 Å². The van der Waals surface area contributed by atoms with Crippen molar-refractivity contribution in [1.82, 2.24) is 0 Å². The van der Waals surface area contributed by atoms with Crippen LogP contribution in [-0.2, 0) is 4.74 Å². The number of ether oxygens (including phenoxy) is 1. The fourth-order valence-electron chi connectivity index (χ4n) is 0.461. The maximum atomic E-state index is 5.35. The third-order valence-corrected chi connectivity index (χ3v) is 1.08. The fourth-order valence-corrected chi connectivity index (χ4v) is 0.461. The third kappa shape index (κ3) is 0.533. The van der Waals surface area contributed by atoms with E-state index >= 15 is 0 Å². The fraction of sp³-hybridized carbons (Fsp3) is 1.00. The molecule has 2 nitrogen and oxygen atoms in total. The summed E-state index contributed by atoms with van der Waals surface area (Å²) in [5.41, 5.74) is 5.35. The first kappa shape index (κ1) is 4.09. The highest BCUT2D eigenvalue weighted by Crippen LogP contribution is 2.20. The molecule has 0 aromatic heterocycles. The van der Waals surface area contributed by atoms with Crippen molar-refractivity contribution in [3.8, 4) is 0 Å². The second-order valence-corrected chi connectivity index (χ2v) is 1.67. The molecular formula is C4H9NO. The smallest absolute Gasteiger partial charge is 0.0738 e. The van der Waals surface area contributed by atoms with Gasteiger partial charge in [-0.1, -0.05) is 0 Å². The summed E-state index contributed by atoms with van der Waals surface area (Å²) in [5.74, 6) is 0. The van der Waals surface area contributed by atoms with Crippen LogP contribution in [0.5, 0.6) is 0 Å². The minimum absolute atomic E-state index is 0.343. The molecule has 0 aliphatic heterocycles. The monoisotopic (exact) mass is 87.1 g/mol. The molecule has 0 radical (unpaired) electrons. The van der Waals surface area contributed by atoms with E-state index in [9.17, 15) is 0 Å². The summed E-state index contributed by atoms with van der Waals surface area (Å²) in [6.07, 6.45) is 1.43. The highest BCUT2D eigenvalue weighted by atomic mass is 16.5. The van der Waals surface area contributed by atoms with Crippen LogP contribution in [0.2, 0.25) is 0 Å². The van der Waals surface area contributed by atoms with Crippen LogP contribution >= 0.6 is 0 Å². The number of nitrogens with two attached hydrogens (primary N) is 1. The van der Waals surface area contributed by atoms with Gasteiger partial charge in [-0.3, -0.25) is 0 Å². The van der Waals surface area contributed by atoms with E-state index in [2.05, 4.69) is 0 Å². The van der Waals surface area contributed by atoms with Crippen LogP contribution in [0.4, 0.5) is 0 Å². The molecule has 2 atom stereocenters. The van der Waals surface area contributed by atoms with E-state index in [0.29, 0.717) is 12.1 Å². The van der Waals surface area contributed by atoms with Crippen molar-refractivity contribution in [2.45, 2.75) is 18.6 Å². The van der Waals surface area contributed by atoms with Crippen molar-refractivity contribution in [2.75, 3.05) is 7.11 Å². The molecule has 0 aromatic carbocycles. The predicted molar refractivity (Wildman–Crippen MR) is 23.4 cm³/mol. The van der Waals surface area contributed by atoms with E-state index in [4.69, 9.17) is 10.5 Å². The van der Waals surface area contributed by atoms with Gasteiger partial charge < -0.3 is 10.5 Å². The molecule has 1 saturated carbocycles. The van der Waals surface area contributed by atoms with E-state index in [1.165, 1.54) is 0 Å². The average Bonchev–Trinajstić information content (AvgIpc) is 2.19. The van der Waals surface area contributed by atoms with Gasteiger partial charge >= 0.3 is 0 Å². The van der Waals surface area contributed by atoms with E-state index < -0.39 is 0 Å². The van der Waals surface area contributed by atoms with Crippen molar-refractivity contribution in [2.24, 2.45) is 5.73 Å². The maximum Gasteiger partial charge on any atom is 0.0738 e. The van der Waals surface area contributed by atoms with Crippen LogP contribution in [0.1, 0.15) is 6.42 Å². The van der Waals surface area contributed by atoms with Gasteiger partial charge in [0.25, 0.3) is 0 Å². The van der Waals surface area contributed by atoms with Gasteiger partial charge in [-0.05, 0) is 6.42 Å². The summed E-state index contributed by atoms with van der Waals surface area (Å²) < 4.78 is 4.85. The Morgan fingerprint density at radius 3 is 2.33 bits per heavy atom. The Morgan fingerprint density at radius 1 is 1.83 bits per heavy atom. The average molecular weight is 87.1 g/mol. The van der Waals surface area contributed by atoms with Gasteiger partial charge in [-0.2, -0.15) is 0 Å². The number of hydrogen-bond donors (Lipinski definition) is 1. The molecule has 1 aliphatic rings.